The van der Waals surface area contributed by atoms with E-state index >= 15 is 0 Å². The lowest BCUT2D eigenvalue weighted by atomic mass is 9.96. The number of carbonyl (C=O) groups is 1. The van der Waals surface area contributed by atoms with E-state index in [0.717, 1.165) is 31.9 Å². The molecule has 29 heavy (non-hydrogen) atoms. The Balaban J connectivity index is 0.00000145. The summed E-state index contributed by atoms with van der Waals surface area (Å²) in [5.74, 6) is 0.320. The van der Waals surface area contributed by atoms with Gasteiger partial charge in [-0.25, -0.2) is 5.48 Å². The molecule has 1 aromatic carbocycles. The zero-order valence-electron chi connectivity index (χ0n) is 16.7. The normalized spacial score (nSPS) is 14.6. The van der Waals surface area contributed by atoms with Gasteiger partial charge in [-0.3, -0.25) is 24.2 Å². The van der Waals surface area contributed by atoms with Crippen LogP contribution in [0, 0.1) is 5.92 Å². The Bertz CT molecular complexity index is 725. The van der Waals surface area contributed by atoms with Crippen LogP contribution in [0.15, 0.2) is 48.7 Å². The van der Waals surface area contributed by atoms with E-state index in [-0.39, 0.29) is 5.91 Å². The summed E-state index contributed by atoms with van der Waals surface area (Å²) >= 11 is 3.64. The maximum atomic E-state index is 11.9. The standard InChI is InChI=1S/C21H28N4O2.ClHO/c1-2-27-24-21(26)20-14-19(8-11-22-20)23-15-17-9-12-25(13-10-17)16-18-6-4-3-5-7-18;1-2/h3-8,11,14,17H,2,9-10,12-13,15-16H2,1H3,(H,22,23)(H,24,26);2H. The van der Waals surface area contributed by atoms with Gasteiger partial charge in [0.25, 0.3) is 5.91 Å². The van der Waals surface area contributed by atoms with Gasteiger partial charge in [-0.1, -0.05) is 30.3 Å². The van der Waals surface area contributed by atoms with Gasteiger partial charge in [-0.2, -0.15) is 0 Å². The molecule has 0 atom stereocenters. The van der Waals surface area contributed by atoms with E-state index in [4.69, 9.17) is 9.50 Å². The molecule has 2 aromatic rings. The molecule has 2 heterocycles. The first-order valence-electron chi connectivity index (χ1n) is 9.80. The number of hydrogen-bond acceptors (Lipinski definition) is 6. The number of hydrogen-bond donors (Lipinski definition) is 3. The SMILES string of the molecule is CCONC(=O)c1cc(NCC2CCN(Cc3ccccc3)CC2)ccn1.OCl. The summed E-state index contributed by atoms with van der Waals surface area (Å²) in [6.07, 6.45) is 4.01. The largest absolute Gasteiger partial charge is 0.385 e. The third-order valence-electron chi connectivity index (χ3n) is 4.85. The number of hydroxylamine groups is 1. The Morgan fingerprint density at radius 1 is 1.24 bits per heavy atom. The minimum atomic E-state index is -0.324. The minimum absolute atomic E-state index is 0.324. The number of halogens is 1. The van der Waals surface area contributed by atoms with Gasteiger partial charge in [0, 0.05) is 25.0 Å². The molecule has 3 rings (SSSR count). The molecule has 0 radical (unpaired) electrons. The predicted molar refractivity (Wildman–Crippen MR) is 114 cm³/mol. The monoisotopic (exact) mass is 420 g/mol. The third kappa shape index (κ3) is 7.98. The van der Waals surface area contributed by atoms with Crippen LogP contribution in [0.2, 0.25) is 0 Å². The second kappa shape index (κ2) is 13.1. The number of nitrogens with zero attached hydrogens (tertiary/aromatic N) is 2. The summed E-state index contributed by atoms with van der Waals surface area (Å²) in [5.41, 5.74) is 5.02. The van der Waals surface area contributed by atoms with Crippen molar-refractivity contribution in [3.8, 4) is 0 Å². The Hall–Kier alpha value is -2.19. The van der Waals surface area contributed by atoms with Crippen molar-refractivity contribution in [1.29, 1.82) is 0 Å². The number of piperidine rings is 1. The van der Waals surface area contributed by atoms with Crippen molar-refractivity contribution in [2.24, 2.45) is 5.92 Å². The Morgan fingerprint density at radius 3 is 2.66 bits per heavy atom. The van der Waals surface area contributed by atoms with Crippen molar-refractivity contribution in [2.75, 3.05) is 31.6 Å². The van der Waals surface area contributed by atoms with Crippen LogP contribution < -0.4 is 10.8 Å². The third-order valence-corrected chi connectivity index (χ3v) is 4.85. The molecule has 7 nitrogen and oxygen atoms in total. The second-order valence-electron chi connectivity index (χ2n) is 6.88. The molecule has 0 unspecified atom stereocenters. The van der Waals surface area contributed by atoms with Crippen LogP contribution in [0.5, 0.6) is 0 Å². The van der Waals surface area contributed by atoms with Gasteiger partial charge in [0.1, 0.15) is 5.69 Å². The van der Waals surface area contributed by atoms with Crippen molar-refractivity contribution in [2.45, 2.75) is 26.3 Å². The zero-order chi connectivity index (χ0) is 20.9. The number of aromatic nitrogens is 1. The Morgan fingerprint density at radius 2 is 1.97 bits per heavy atom. The van der Waals surface area contributed by atoms with Crippen LogP contribution in [0.25, 0.3) is 0 Å². The predicted octanol–water partition coefficient (Wildman–Crippen LogP) is 3.22. The van der Waals surface area contributed by atoms with Crippen LogP contribution in [0.4, 0.5) is 5.69 Å². The van der Waals surface area contributed by atoms with Crippen LogP contribution in [0.1, 0.15) is 35.8 Å². The van der Waals surface area contributed by atoms with Gasteiger partial charge in [0.05, 0.1) is 18.5 Å². The van der Waals surface area contributed by atoms with Gasteiger partial charge >= 0.3 is 0 Å². The molecule has 158 valence electrons. The first-order valence-corrected chi connectivity index (χ1v) is 10.1. The highest BCUT2D eigenvalue weighted by Crippen LogP contribution is 2.20. The number of pyridine rings is 1. The smallest absolute Gasteiger partial charge is 0.293 e. The molecule has 3 N–H and O–H groups in total. The van der Waals surface area contributed by atoms with Crippen molar-refractivity contribution in [3.05, 3.63) is 59.9 Å². The summed E-state index contributed by atoms with van der Waals surface area (Å²) in [6, 6.07) is 14.3. The Kier molecular flexibility index (Phi) is 10.4. The van der Waals surface area contributed by atoms with Crippen molar-refractivity contribution in [1.82, 2.24) is 15.4 Å². The van der Waals surface area contributed by atoms with Crippen LogP contribution in [-0.4, -0.2) is 46.7 Å². The lowest BCUT2D eigenvalue weighted by Crippen LogP contribution is -2.35. The van der Waals surface area contributed by atoms with Crippen LogP contribution >= 0.6 is 11.9 Å². The van der Waals surface area contributed by atoms with E-state index in [1.807, 2.05) is 13.0 Å². The number of benzene rings is 1. The molecular weight excluding hydrogens is 392 g/mol. The fourth-order valence-electron chi connectivity index (χ4n) is 3.31. The molecule has 0 aliphatic carbocycles. The van der Waals surface area contributed by atoms with Gasteiger partial charge in [0.15, 0.2) is 0 Å². The molecule has 0 spiro atoms. The number of amides is 1. The minimum Gasteiger partial charge on any atom is -0.385 e. The van der Waals surface area contributed by atoms with Crippen molar-refractivity contribution >= 4 is 23.5 Å². The quantitative estimate of drug-likeness (QED) is 0.568. The molecule has 1 aliphatic heterocycles. The molecule has 1 fully saturated rings. The van der Waals surface area contributed by atoms with Gasteiger partial charge in [-0.05, 0) is 56.5 Å². The van der Waals surface area contributed by atoms with Crippen LogP contribution in [0.3, 0.4) is 0 Å². The number of carbonyl (C=O) groups excluding carboxylic acids is 1. The highest BCUT2D eigenvalue weighted by atomic mass is 35.5. The van der Waals surface area contributed by atoms with E-state index in [1.54, 1.807) is 12.3 Å². The topological polar surface area (TPSA) is 86.7 Å². The number of anilines is 1. The van der Waals surface area contributed by atoms with E-state index < -0.39 is 0 Å². The number of likely N-dealkylation sites (tertiary alicyclic amines) is 1. The molecule has 1 aliphatic rings. The van der Waals surface area contributed by atoms with Crippen molar-refractivity contribution < 1.29 is 14.3 Å². The fraction of sp³-hybridized carbons (Fsp3) is 0.429. The summed E-state index contributed by atoms with van der Waals surface area (Å²) in [4.78, 5) is 23.5. The van der Waals surface area contributed by atoms with E-state index in [0.29, 0.717) is 18.2 Å². The lowest BCUT2D eigenvalue weighted by Gasteiger charge is -2.32. The molecule has 0 saturated carbocycles. The summed E-state index contributed by atoms with van der Waals surface area (Å²) < 4.78 is 6.47. The second-order valence-corrected chi connectivity index (χ2v) is 6.88. The number of nitrogens with one attached hydrogen (secondary N) is 2. The summed E-state index contributed by atoms with van der Waals surface area (Å²) in [5, 5.41) is 3.45. The van der Waals surface area contributed by atoms with Gasteiger partial charge in [0.2, 0.25) is 0 Å². The average Bonchev–Trinajstić information content (AvgIpc) is 2.79. The average molecular weight is 421 g/mol. The number of rotatable bonds is 8. The lowest BCUT2D eigenvalue weighted by molar-refractivity contribution is 0.0360. The molecule has 1 saturated heterocycles. The maximum Gasteiger partial charge on any atom is 0.293 e. The van der Waals surface area contributed by atoms with E-state index in [1.165, 1.54) is 18.4 Å². The van der Waals surface area contributed by atoms with Crippen molar-refractivity contribution in [3.63, 3.8) is 0 Å². The van der Waals surface area contributed by atoms with Crippen LogP contribution in [-0.2, 0) is 11.4 Å². The molecule has 0 bridgehead atoms. The van der Waals surface area contributed by atoms with E-state index in [9.17, 15) is 4.79 Å². The van der Waals surface area contributed by atoms with Gasteiger partial charge < -0.3 is 5.32 Å². The fourth-order valence-corrected chi connectivity index (χ4v) is 3.31. The highest BCUT2D eigenvalue weighted by molar-refractivity contribution is 6.04. The maximum absolute atomic E-state index is 11.9. The molecule has 1 amide bonds. The Labute approximate surface area is 177 Å². The molecule has 1 aromatic heterocycles. The molecule has 8 heteroatoms. The zero-order valence-corrected chi connectivity index (χ0v) is 17.4. The highest BCUT2D eigenvalue weighted by Gasteiger charge is 2.19. The summed E-state index contributed by atoms with van der Waals surface area (Å²) in [7, 11) is 0. The van der Waals surface area contributed by atoms with Gasteiger partial charge in [-0.15, -0.1) is 0 Å². The first-order chi connectivity index (χ1) is 14.2. The molecular formula is C21H29ClN4O3. The first kappa shape index (κ1) is 23.1. The summed E-state index contributed by atoms with van der Waals surface area (Å²) in [6.45, 7) is 6.43. The van der Waals surface area contributed by atoms with E-state index in [2.05, 4.69) is 62.9 Å².